The Bertz CT molecular complexity index is 447. The Kier molecular flexibility index (Phi) is 6.31. The largest absolute Gasteiger partial charge is 0.504 e. The van der Waals surface area contributed by atoms with Crippen molar-refractivity contribution in [1.29, 1.82) is 0 Å². The fraction of sp³-hybridized carbons (Fsp3) is 0.533. The molecule has 0 spiro atoms. The van der Waals surface area contributed by atoms with Gasteiger partial charge in [-0.1, -0.05) is 19.9 Å². The van der Waals surface area contributed by atoms with E-state index in [4.69, 9.17) is 4.74 Å². The Morgan fingerprint density at radius 2 is 2.10 bits per heavy atom. The fourth-order valence-corrected chi connectivity index (χ4v) is 2.02. The third-order valence-corrected chi connectivity index (χ3v) is 3.07. The molecule has 0 saturated heterocycles. The van der Waals surface area contributed by atoms with E-state index in [-0.39, 0.29) is 17.7 Å². The SMILES string of the molecule is CNC(=O)C(CC(C)C)NCc1ccc(OC)c(O)c1. The molecule has 1 amide bonds. The van der Waals surface area contributed by atoms with Crippen LogP contribution in [0.15, 0.2) is 18.2 Å². The van der Waals surface area contributed by atoms with Gasteiger partial charge in [0.2, 0.25) is 5.91 Å². The first kappa shape index (κ1) is 16.3. The summed E-state index contributed by atoms with van der Waals surface area (Å²) in [6, 6.07) is 4.98. The number of nitrogens with one attached hydrogen (secondary N) is 2. The van der Waals surface area contributed by atoms with Gasteiger partial charge in [0.15, 0.2) is 11.5 Å². The number of likely N-dealkylation sites (N-methyl/N-ethyl adjacent to an activating group) is 1. The summed E-state index contributed by atoms with van der Waals surface area (Å²) in [6.07, 6.45) is 0.766. The van der Waals surface area contributed by atoms with Gasteiger partial charge in [0, 0.05) is 13.6 Å². The molecule has 112 valence electrons. The maximum absolute atomic E-state index is 11.8. The molecule has 0 radical (unpaired) electrons. The van der Waals surface area contributed by atoms with Crippen molar-refractivity contribution in [2.24, 2.45) is 5.92 Å². The Hall–Kier alpha value is -1.75. The van der Waals surface area contributed by atoms with E-state index in [9.17, 15) is 9.90 Å². The highest BCUT2D eigenvalue weighted by Gasteiger charge is 2.17. The molecule has 0 aliphatic rings. The number of phenolic OH excluding ortho intramolecular Hbond substituents is 1. The van der Waals surface area contributed by atoms with Crippen LogP contribution in [0.2, 0.25) is 0 Å². The van der Waals surface area contributed by atoms with Crippen LogP contribution in [0, 0.1) is 5.92 Å². The molecule has 1 aromatic rings. The number of benzene rings is 1. The number of hydrogen-bond donors (Lipinski definition) is 3. The molecule has 0 aromatic heterocycles. The maximum atomic E-state index is 11.8. The van der Waals surface area contributed by atoms with Gasteiger partial charge in [-0.2, -0.15) is 0 Å². The number of methoxy groups -OCH3 is 1. The highest BCUT2D eigenvalue weighted by molar-refractivity contribution is 5.81. The minimum atomic E-state index is -0.232. The molecule has 1 aromatic carbocycles. The van der Waals surface area contributed by atoms with E-state index < -0.39 is 0 Å². The van der Waals surface area contributed by atoms with Crippen molar-refractivity contribution in [1.82, 2.24) is 10.6 Å². The van der Waals surface area contributed by atoms with Crippen molar-refractivity contribution in [3.05, 3.63) is 23.8 Å². The first-order chi connectivity index (χ1) is 9.47. The molecule has 1 atom stereocenters. The third kappa shape index (κ3) is 4.74. The summed E-state index contributed by atoms with van der Waals surface area (Å²) in [6.45, 7) is 4.68. The van der Waals surface area contributed by atoms with E-state index in [1.165, 1.54) is 7.11 Å². The van der Waals surface area contributed by atoms with Crippen LogP contribution >= 0.6 is 0 Å². The normalized spacial score (nSPS) is 12.2. The number of phenols is 1. The molecule has 1 unspecified atom stereocenters. The summed E-state index contributed by atoms with van der Waals surface area (Å²) < 4.78 is 5.00. The van der Waals surface area contributed by atoms with Crippen LogP contribution in [0.1, 0.15) is 25.8 Å². The van der Waals surface area contributed by atoms with Gasteiger partial charge < -0.3 is 20.5 Å². The Morgan fingerprint density at radius 1 is 1.40 bits per heavy atom. The lowest BCUT2D eigenvalue weighted by Crippen LogP contribution is -2.43. The number of rotatable bonds is 7. The van der Waals surface area contributed by atoms with Gasteiger partial charge in [0.05, 0.1) is 13.2 Å². The van der Waals surface area contributed by atoms with Crippen molar-refractivity contribution < 1.29 is 14.6 Å². The molecule has 0 bridgehead atoms. The number of ether oxygens (including phenoxy) is 1. The first-order valence-corrected chi connectivity index (χ1v) is 6.78. The van der Waals surface area contributed by atoms with Crippen molar-refractivity contribution in [2.45, 2.75) is 32.9 Å². The molecule has 0 saturated carbocycles. The second kappa shape index (κ2) is 7.75. The maximum Gasteiger partial charge on any atom is 0.236 e. The van der Waals surface area contributed by atoms with Crippen LogP contribution in [0.3, 0.4) is 0 Å². The van der Waals surface area contributed by atoms with E-state index in [0.29, 0.717) is 18.2 Å². The zero-order chi connectivity index (χ0) is 15.1. The molecule has 5 nitrogen and oxygen atoms in total. The molecule has 0 aliphatic heterocycles. The van der Waals surface area contributed by atoms with E-state index in [0.717, 1.165) is 12.0 Å². The van der Waals surface area contributed by atoms with E-state index in [1.54, 1.807) is 19.2 Å². The second-order valence-corrected chi connectivity index (χ2v) is 5.18. The van der Waals surface area contributed by atoms with Crippen LogP contribution in [-0.2, 0) is 11.3 Å². The van der Waals surface area contributed by atoms with E-state index >= 15 is 0 Å². The number of amides is 1. The average Bonchev–Trinajstić information content (AvgIpc) is 2.42. The van der Waals surface area contributed by atoms with Gasteiger partial charge in [0.1, 0.15) is 0 Å². The summed E-state index contributed by atoms with van der Waals surface area (Å²) in [5.41, 5.74) is 0.904. The lowest BCUT2D eigenvalue weighted by atomic mass is 10.0. The monoisotopic (exact) mass is 280 g/mol. The van der Waals surface area contributed by atoms with Gasteiger partial charge in [-0.25, -0.2) is 0 Å². The van der Waals surface area contributed by atoms with Crippen molar-refractivity contribution in [3.63, 3.8) is 0 Å². The van der Waals surface area contributed by atoms with Crippen molar-refractivity contribution in [2.75, 3.05) is 14.2 Å². The summed E-state index contributed by atoms with van der Waals surface area (Å²) in [4.78, 5) is 11.8. The van der Waals surface area contributed by atoms with Crippen LogP contribution in [0.4, 0.5) is 0 Å². The second-order valence-electron chi connectivity index (χ2n) is 5.18. The van der Waals surface area contributed by atoms with Gasteiger partial charge in [-0.3, -0.25) is 4.79 Å². The molecule has 5 heteroatoms. The zero-order valence-corrected chi connectivity index (χ0v) is 12.6. The molecule has 1 rings (SSSR count). The first-order valence-electron chi connectivity index (χ1n) is 6.78. The minimum absolute atomic E-state index is 0.0172. The summed E-state index contributed by atoms with van der Waals surface area (Å²) in [5.74, 6) is 0.955. The molecule has 3 N–H and O–H groups in total. The molecular weight excluding hydrogens is 256 g/mol. The summed E-state index contributed by atoms with van der Waals surface area (Å²) in [5, 5.41) is 15.6. The van der Waals surface area contributed by atoms with Crippen LogP contribution < -0.4 is 15.4 Å². The van der Waals surface area contributed by atoms with Gasteiger partial charge in [-0.05, 0) is 30.0 Å². The molecule has 0 heterocycles. The predicted molar refractivity (Wildman–Crippen MR) is 78.8 cm³/mol. The Morgan fingerprint density at radius 3 is 2.60 bits per heavy atom. The summed E-state index contributed by atoms with van der Waals surface area (Å²) in [7, 11) is 3.15. The molecule has 20 heavy (non-hydrogen) atoms. The van der Waals surface area contributed by atoms with Gasteiger partial charge >= 0.3 is 0 Å². The molecule has 0 aliphatic carbocycles. The van der Waals surface area contributed by atoms with Gasteiger partial charge in [0.25, 0.3) is 0 Å². The Labute approximate surface area is 120 Å². The lowest BCUT2D eigenvalue weighted by molar-refractivity contribution is -0.123. The average molecular weight is 280 g/mol. The number of hydrogen-bond acceptors (Lipinski definition) is 4. The summed E-state index contributed by atoms with van der Waals surface area (Å²) >= 11 is 0. The van der Waals surface area contributed by atoms with E-state index in [2.05, 4.69) is 24.5 Å². The highest BCUT2D eigenvalue weighted by atomic mass is 16.5. The number of carbonyl (C=O) groups is 1. The van der Waals surface area contributed by atoms with E-state index in [1.807, 2.05) is 6.07 Å². The zero-order valence-electron chi connectivity index (χ0n) is 12.6. The van der Waals surface area contributed by atoms with Gasteiger partial charge in [-0.15, -0.1) is 0 Å². The quantitative estimate of drug-likeness (QED) is 0.710. The third-order valence-electron chi connectivity index (χ3n) is 3.07. The van der Waals surface area contributed by atoms with Crippen molar-refractivity contribution in [3.8, 4) is 11.5 Å². The van der Waals surface area contributed by atoms with Crippen molar-refractivity contribution >= 4 is 5.91 Å². The molecular formula is C15H24N2O3. The number of aromatic hydroxyl groups is 1. The predicted octanol–water partition coefficient (Wildman–Crippen LogP) is 1.65. The minimum Gasteiger partial charge on any atom is -0.504 e. The van der Waals surface area contributed by atoms with Crippen LogP contribution in [-0.4, -0.2) is 31.2 Å². The van der Waals surface area contributed by atoms with Crippen LogP contribution in [0.5, 0.6) is 11.5 Å². The lowest BCUT2D eigenvalue weighted by Gasteiger charge is -2.19. The topological polar surface area (TPSA) is 70.6 Å². The van der Waals surface area contributed by atoms with Crippen LogP contribution in [0.25, 0.3) is 0 Å². The Balaban J connectivity index is 2.67. The fourth-order valence-electron chi connectivity index (χ4n) is 2.02. The molecule has 0 fully saturated rings. The smallest absolute Gasteiger partial charge is 0.236 e. The number of carbonyl (C=O) groups excluding carboxylic acids is 1. The standard InChI is InChI=1S/C15H24N2O3/c1-10(2)7-12(15(19)16-3)17-9-11-5-6-14(20-4)13(18)8-11/h5-6,8,10,12,17-18H,7,9H2,1-4H3,(H,16,19). The highest BCUT2D eigenvalue weighted by Crippen LogP contribution is 2.26.